The van der Waals surface area contributed by atoms with Gasteiger partial charge in [0.1, 0.15) is 0 Å². The summed E-state index contributed by atoms with van der Waals surface area (Å²) in [5.41, 5.74) is -1.46. The summed E-state index contributed by atoms with van der Waals surface area (Å²) >= 11 is 0. The molecule has 2 rings (SSSR count). The molecule has 0 heterocycles. The van der Waals surface area contributed by atoms with Crippen molar-refractivity contribution >= 4 is 0 Å². The quantitative estimate of drug-likeness (QED) is 0.600. The summed E-state index contributed by atoms with van der Waals surface area (Å²) in [5.74, 6) is 0. The van der Waals surface area contributed by atoms with Crippen LogP contribution in [0.15, 0.2) is 42.5 Å². The summed E-state index contributed by atoms with van der Waals surface area (Å²) in [4.78, 5) is 0. The Kier molecular flexibility index (Phi) is 4.22. The number of benzene rings is 2. The lowest BCUT2D eigenvalue weighted by molar-refractivity contribution is -0.143. The predicted molar refractivity (Wildman–Crippen MR) is 71.3 cm³/mol. The van der Waals surface area contributed by atoms with Gasteiger partial charge in [-0.15, -0.1) is 0 Å². The van der Waals surface area contributed by atoms with Crippen molar-refractivity contribution < 1.29 is 26.3 Å². The topological polar surface area (TPSA) is 0 Å². The number of rotatable bonds is 2. The van der Waals surface area contributed by atoms with Crippen LogP contribution < -0.4 is 0 Å². The van der Waals surface area contributed by atoms with E-state index in [2.05, 4.69) is 0 Å². The minimum atomic E-state index is -4.83. The Bertz CT molecular complexity index is 618. The van der Waals surface area contributed by atoms with E-state index in [1.54, 1.807) is 12.1 Å². The molecule has 118 valence electrons. The zero-order valence-electron chi connectivity index (χ0n) is 11.5. The Labute approximate surface area is 123 Å². The maximum atomic E-state index is 12.8. The van der Waals surface area contributed by atoms with E-state index in [9.17, 15) is 26.3 Å². The first-order chi connectivity index (χ1) is 10.1. The van der Waals surface area contributed by atoms with Gasteiger partial charge >= 0.3 is 12.4 Å². The summed E-state index contributed by atoms with van der Waals surface area (Å²) < 4.78 is 76.8. The molecular formula is C16H12F6. The maximum absolute atomic E-state index is 12.8. The van der Waals surface area contributed by atoms with Gasteiger partial charge in [-0.05, 0) is 41.3 Å². The molecule has 0 aliphatic carbocycles. The Balaban J connectivity index is 2.59. The summed E-state index contributed by atoms with van der Waals surface area (Å²) in [6, 6.07) is 8.00. The molecule has 0 aromatic heterocycles. The number of hydrogen-bond acceptors (Lipinski definition) is 0. The number of aryl methyl sites for hydroxylation is 1. The van der Waals surface area contributed by atoms with Crippen LogP contribution in [0.4, 0.5) is 26.3 Å². The highest BCUT2D eigenvalue weighted by Gasteiger charge is 2.36. The number of alkyl halides is 6. The predicted octanol–water partition coefficient (Wildman–Crippen LogP) is 5.95. The monoisotopic (exact) mass is 318 g/mol. The molecule has 0 radical (unpaired) electrons. The van der Waals surface area contributed by atoms with Crippen LogP contribution in [-0.2, 0) is 18.8 Å². The molecule has 0 bridgehead atoms. The molecule has 0 aliphatic heterocycles. The average molecular weight is 318 g/mol. The second-order valence-corrected chi connectivity index (χ2v) is 4.85. The van der Waals surface area contributed by atoms with Crippen molar-refractivity contribution in [2.24, 2.45) is 0 Å². The van der Waals surface area contributed by atoms with Gasteiger partial charge in [0.15, 0.2) is 0 Å². The van der Waals surface area contributed by atoms with Crippen molar-refractivity contribution in [2.45, 2.75) is 25.7 Å². The molecule has 0 spiro atoms. The van der Waals surface area contributed by atoms with Crippen molar-refractivity contribution in [2.75, 3.05) is 0 Å². The van der Waals surface area contributed by atoms with Crippen molar-refractivity contribution in [3.8, 4) is 11.1 Å². The van der Waals surface area contributed by atoms with Crippen LogP contribution in [0.1, 0.15) is 23.6 Å². The Morgan fingerprint density at radius 3 is 1.50 bits per heavy atom. The second-order valence-electron chi connectivity index (χ2n) is 4.85. The molecule has 6 heteroatoms. The molecule has 0 amide bonds. The van der Waals surface area contributed by atoms with Gasteiger partial charge < -0.3 is 0 Å². The molecule has 0 nitrogen and oxygen atoms in total. The van der Waals surface area contributed by atoms with Crippen molar-refractivity contribution in [1.29, 1.82) is 0 Å². The van der Waals surface area contributed by atoms with Crippen LogP contribution >= 0.6 is 0 Å². The lowest BCUT2D eigenvalue weighted by Gasteiger charge is -2.14. The van der Waals surface area contributed by atoms with Gasteiger partial charge in [0.2, 0.25) is 0 Å². The first-order valence-corrected chi connectivity index (χ1v) is 6.50. The minimum Gasteiger partial charge on any atom is -0.166 e. The van der Waals surface area contributed by atoms with Gasteiger partial charge in [-0.1, -0.05) is 31.2 Å². The molecule has 0 unspecified atom stereocenters. The molecule has 2 aromatic carbocycles. The van der Waals surface area contributed by atoms with Crippen LogP contribution in [-0.4, -0.2) is 0 Å². The summed E-state index contributed by atoms with van der Waals surface area (Å²) in [6.45, 7) is 1.90. The molecule has 0 N–H and O–H groups in total. The molecule has 0 saturated heterocycles. The van der Waals surface area contributed by atoms with Crippen LogP contribution in [0.3, 0.4) is 0 Å². The molecule has 0 fully saturated rings. The second kappa shape index (κ2) is 5.66. The third-order valence-electron chi connectivity index (χ3n) is 3.28. The van der Waals surface area contributed by atoms with Crippen LogP contribution in [0.2, 0.25) is 0 Å². The highest BCUT2D eigenvalue weighted by molar-refractivity contribution is 5.66. The highest BCUT2D eigenvalue weighted by atomic mass is 19.4. The molecule has 0 atom stereocenters. The van der Waals surface area contributed by atoms with E-state index in [-0.39, 0.29) is 11.6 Å². The fourth-order valence-corrected chi connectivity index (χ4v) is 2.05. The summed E-state index contributed by atoms with van der Waals surface area (Å²) in [5, 5.41) is 0. The Hall–Kier alpha value is -1.98. The van der Waals surface area contributed by atoms with E-state index in [4.69, 9.17) is 0 Å². The molecule has 22 heavy (non-hydrogen) atoms. The lowest BCUT2D eigenvalue weighted by Crippen LogP contribution is -2.11. The van der Waals surface area contributed by atoms with Crippen molar-refractivity contribution in [3.63, 3.8) is 0 Å². The highest BCUT2D eigenvalue weighted by Crippen LogP contribution is 2.38. The van der Waals surface area contributed by atoms with E-state index >= 15 is 0 Å². The maximum Gasteiger partial charge on any atom is 0.416 e. The third kappa shape index (κ3) is 3.61. The Morgan fingerprint density at radius 2 is 1.14 bits per heavy atom. The number of hydrogen-bond donors (Lipinski definition) is 0. The first kappa shape index (κ1) is 16.4. The van der Waals surface area contributed by atoms with Crippen LogP contribution in [0.5, 0.6) is 0 Å². The summed E-state index contributed by atoms with van der Waals surface area (Å²) in [7, 11) is 0. The normalized spacial score (nSPS) is 12.5. The van der Waals surface area contributed by atoms with Crippen LogP contribution in [0, 0.1) is 0 Å². The fourth-order valence-electron chi connectivity index (χ4n) is 2.05. The largest absolute Gasteiger partial charge is 0.416 e. The molecule has 0 aliphatic rings. The smallest absolute Gasteiger partial charge is 0.166 e. The van der Waals surface area contributed by atoms with Gasteiger partial charge in [0.05, 0.1) is 11.1 Å². The van der Waals surface area contributed by atoms with Gasteiger partial charge in [-0.2, -0.15) is 26.3 Å². The fraction of sp³-hybridized carbons (Fsp3) is 0.250. The van der Waals surface area contributed by atoms with E-state index < -0.39 is 23.5 Å². The van der Waals surface area contributed by atoms with Gasteiger partial charge in [-0.25, -0.2) is 0 Å². The van der Waals surface area contributed by atoms with Crippen molar-refractivity contribution in [3.05, 3.63) is 59.2 Å². The standard InChI is InChI=1S/C16H12F6/c1-2-10-3-5-11(6-4-10)12-7-13(15(17,18)19)9-14(8-12)16(20,21)22/h3-9H,2H2,1H3. The van der Waals surface area contributed by atoms with Crippen LogP contribution in [0.25, 0.3) is 11.1 Å². The summed E-state index contributed by atoms with van der Waals surface area (Å²) in [6.07, 6.45) is -8.94. The minimum absolute atomic E-state index is 0.107. The van der Waals surface area contributed by atoms with E-state index in [1.807, 2.05) is 6.92 Å². The third-order valence-corrected chi connectivity index (χ3v) is 3.28. The first-order valence-electron chi connectivity index (χ1n) is 6.50. The number of halogens is 6. The lowest BCUT2D eigenvalue weighted by atomic mass is 9.98. The zero-order valence-corrected chi connectivity index (χ0v) is 11.5. The molecule has 2 aromatic rings. The van der Waals surface area contributed by atoms with E-state index in [1.165, 1.54) is 12.1 Å². The SMILES string of the molecule is CCc1ccc(-c2cc(C(F)(F)F)cc(C(F)(F)F)c2)cc1. The zero-order chi connectivity index (χ0) is 16.5. The van der Waals surface area contributed by atoms with Gasteiger partial charge in [0, 0.05) is 0 Å². The van der Waals surface area contributed by atoms with Crippen molar-refractivity contribution in [1.82, 2.24) is 0 Å². The molecule has 0 saturated carbocycles. The average Bonchev–Trinajstić information content (AvgIpc) is 2.45. The Morgan fingerprint density at radius 1 is 0.682 bits per heavy atom. The van der Waals surface area contributed by atoms with E-state index in [0.717, 1.165) is 24.1 Å². The van der Waals surface area contributed by atoms with E-state index in [0.29, 0.717) is 5.56 Å². The van der Waals surface area contributed by atoms with Gasteiger partial charge in [0.25, 0.3) is 0 Å². The molecular weight excluding hydrogens is 306 g/mol. The van der Waals surface area contributed by atoms with Gasteiger partial charge in [-0.3, -0.25) is 0 Å².